The van der Waals surface area contributed by atoms with E-state index in [0.29, 0.717) is 6.61 Å². The highest BCUT2D eigenvalue weighted by atomic mass is 16.6. The zero-order chi connectivity index (χ0) is 11.6. The van der Waals surface area contributed by atoms with E-state index >= 15 is 0 Å². The maximum Gasteiger partial charge on any atom is 0.161 e. The molecule has 0 bridgehead atoms. The summed E-state index contributed by atoms with van der Waals surface area (Å²) in [6.45, 7) is 4.95. The Kier molecular flexibility index (Phi) is 3.06. The number of hydrogen-bond donors (Lipinski definition) is 1. The van der Waals surface area contributed by atoms with Crippen LogP contribution in [0.5, 0.6) is 11.5 Å². The summed E-state index contributed by atoms with van der Waals surface area (Å²) in [7, 11) is 1.97. The molecule has 1 unspecified atom stereocenters. The summed E-state index contributed by atoms with van der Waals surface area (Å²) in [6.07, 6.45) is 1.05. The van der Waals surface area contributed by atoms with Crippen LogP contribution in [-0.4, -0.2) is 25.3 Å². The molecule has 1 aliphatic heterocycles. The quantitative estimate of drug-likeness (QED) is 0.849. The van der Waals surface area contributed by atoms with Gasteiger partial charge >= 0.3 is 0 Å². The molecule has 16 heavy (non-hydrogen) atoms. The van der Waals surface area contributed by atoms with Crippen LogP contribution in [-0.2, 0) is 0 Å². The van der Waals surface area contributed by atoms with Crippen LogP contribution in [0.2, 0.25) is 0 Å². The van der Waals surface area contributed by atoms with Gasteiger partial charge in [0.25, 0.3) is 0 Å². The van der Waals surface area contributed by atoms with E-state index in [1.165, 1.54) is 0 Å². The van der Waals surface area contributed by atoms with E-state index in [9.17, 15) is 0 Å². The summed E-state index contributed by atoms with van der Waals surface area (Å²) >= 11 is 0. The molecule has 0 aliphatic carbocycles. The van der Waals surface area contributed by atoms with Crippen molar-refractivity contribution in [3.8, 4) is 11.5 Å². The Labute approximate surface area is 96.8 Å². The maximum atomic E-state index is 5.90. The SMILES string of the molecule is CNC(C)(C)CC1COc2ccccc2O1. The molecule has 0 amide bonds. The normalized spacial score (nSPS) is 19.6. The van der Waals surface area contributed by atoms with Gasteiger partial charge in [-0.3, -0.25) is 0 Å². The first-order valence-corrected chi connectivity index (χ1v) is 5.68. The third-order valence-electron chi connectivity index (χ3n) is 2.98. The van der Waals surface area contributed by atoms with Crippen molar-refractivity contribution in [1.82, 2.24) is 5.32 Å². The van der Waals surface area contributed by atoms with Gasteiger partial charge in [0.1, 0.15) is 12.7 Å². The fourth-order valence-electron chi connectivity index (χ4n) is 1.83. The number of fused-ring (bicyclic) bond motifs is 1. The molecule has 0 spiro atoms. The van der Waals surface area contributed by atoms with Gasteiger partial charge in [-0.15, -0.1) is 0 Å². The molecule has 3 heteroatoms. The number of benzene rings is 1. The van der Waals surface area contributed by atoms with Crippen molar-refractivity contribution >= 4 is 0 Å². The fraction of sp³-hybridized carbons (Fsp3) is 0.538. The monoisotopic (exact) mass is 221 g/mol. The first-order valence-electron chi connectivity index (χ1n) is 5.68. The molecule has 3 nitrogen and oxygen atoms in total. The summed E-state index contributed by atoms with van der Waals surface area (Å²) in [5.41, 5.74) is 0.0698. The third-order valence-corrected chi connectivity index (χ3v) is 2.98. The van der Waals surface area contributed by atoms with Gasteiger partial charge in [0.05, 0.1) is 0 Å². The van der Waals surface area contributed by atoms with Gasteiger partial charge in [0.15, 0.2) is 11.5 Å². The van der Waals surface area contributed by atoms with Crippen LogP contribution in [0.15, 0.2) is 24.3 Å². The summed E-state index contributed by atoms with van der Waals surface area (Å²) in [5, 5.41) is 3.28. The second-order valence-corrected chi connectivity index (χ2v) is 4.84. The van der Waals surface area contributed by atoms with Crippen LogP contribution in [0.4, 0.5) is 0 Å². The molecular weight excluding hydrogens is 202 g/mol. The average molecular weight is 221 g/mol. The molecular formula is C13H19NO2. The van der Waals surface area contributed by atoms with Crippen LogP contribution >= 0.6 is 0 Å². The minimum absolute atomic E-state index is 0.0698. The molecule has 0 aromatic heterocycles. The molecule has 0 radical (unpaired) electrons. The van der Waals surface area contributed by atoms with Crippen molar-refractivity contribution in [2.75, 3.05) is 13.7 Å². The molecule has 1 N–H and O–H groups in total. The molecule has 2 rings (SSSR count). The summed E-state index contributed by atoms with van der Waals surface area (Å²) in [4.78, 5) is 0. The first-order chi connectivity index (χ1) is 7.61. The smallest absolute Gasteiger partial charge is 0.161 e. The van der Waals surface area contributed by atoms with Crippen molar-refractivity contribution < 1.29 is 9.47 Å². The Morgan fingerprint density at radius 3 is 2.69 bits per heavy atom. The highest BCUT2D eigenvalue weighted by molar-refractivity contribution is 5.40. The van der Waals surface area contributed by atoms with Crippen molar-refractivity contribution in [3.05, 3.63) is 24.3 Å². The molecule has 1 aromatic carbocycles. The largest absolute Gasteiger partial charge is 0.486 e. The molecule has 1 aliphatic rings. The van der Waals surface area contributed by atoms with E-state index in [2.05, 4.69) is 19.2 Å². The minimum Gasteiger partial charge on any atom is -0.486 e. The van der Waals surface area contributed by atoms with E-state index in [1.54, 1.807) is 0 Å². The average Bonchev–Trinajstić information content (AvgIpc) is 2.28. The second kappa shape index (κ2) is 4.34. The third kappa shape index (κ3) is 2.47. The standard InChI is InChI=1S/C13H19NO2/c1-13(2,14-3)8-10-9-15-11-6-4-5-7-12(11)16-10/h4-7,10,14H,8-9H2,1-3H3. The van der Waals surface area contributed by atoms with Crippen molar-refractivity contribution in [2.45, 2.75) is 31.9 Å². The lowest BCUT2D eigenvalue weighted by molar-refractivity contribution is 0.0669. The zero-order valence-electron chi connectivity index (χ0n) is 10.1. The fourth-order valence-corrected chi connectivity index (χ4v) is 1.83. The van der Waals surface area contributed by atoms with Gasteiger partial charge in [-0.25, -0.2) is 0 Å². The molecule has 0 saturated heterocycles. The van der Waals surface area contributed by atoms with Gasteiger partial charge < -0.3 is 14.8 Å². The Balaban J connectivity index is 2.03. The number of rotatable bonds is 3. The van der Waals surface area contributed by atoms with Crippen LogP contribution in [0, 0.1) is 0 Å². The highest BCUT2D eigenvalue weighted by Gasteiger charge is 2.27. The van der Waals surface area contributed by atoms with E-state index in [4.69, 9.17) is 9.47 Å². The topological polar surface area (TPSA) is 30.5 Å². The predicted molar refractivity (Wildman–Crippen MR) is 64.1 cm³/mol. The molecule has 88 valence electrons. The van der Waals surface area contributed by atoms with Crippen molar-refractivity contribution in [2.24, 2.45) is 0 Å². The van der Waals surface area contributed by atoms with Crippen molar-refractivity contribution in [3.63, 3.8) is 0 Å². The van der Waals surface area contributed by atoms with Crippen molar-refractivity contribution in [1.29, 1.82) is 0 Å². The molecule has 1 aromatic rings. The number of nitrogens with one attached hydrogen (secondary N) is 1. The van der Waals surface area contributed by atoms with Gasteiger partial charge in [-0.2, -0.15) is 0 Å². The second-order valence-electron chi connectivity index (χ2n) is 4.84. The van der Waals surface area contributed by atoms with Crippen LogP contribution in [0.3, 0.4) is 0 Å². The first kappa shape index (κ1) is 11.3. The van der Waals surface area contributed by atoms with Gasteiger partial charge in [0, 0.05) is 12.0 Å². The van der Waals surface area contributed by atoms with Crippen LogP contribution in [0.1, 0.15) is 20.3 Å². The van der Waals surface area contributed by atoms with E-state index in [1.807, 2.05) is 31.3 Å². The Hall–Kier alpha value is -1.22. The lowest BCUT2D eigenvalue weighted by Gasteiger charge is -2.32. The van der Waals surface area contributed by atoms with E-state index < -0.39 is 0 Å². The van der Waals surface area contributed by atoms with E-state index in [0.717, 1.165) is 17.9 Å². The molecule has 1 atom stereocenters. The zero-order valence-corrected chi connectivity index (χ0v) is 10.1. The minimum atomic E-state index is 0.0698. The number of para-hydroxylation sites is 2. The number of hydrogen-bond acceptors (Lipinski definition) is 3. The van der Waals surface area contributed by atoms with Crippen LogP contribution in [0.25, 0.3) is 0 Å². The summed E-state index contributed by atoms with van der Waals surface area (Å²) in [6, 6.07) is 7.82. The molecule has 0 saturated carbocycles. The lowest BCUT2D eigenvalue weighted by Crippen LogP contribution is -2.43. The maximum absolute atomic E-state index is 5.90. The Bertz CT molecular complexity index is 363. The molecule has 1 heterocycles. The van der Waals surface area contributed by atoms with Crippen LogP contribution < -0.4 is 14.8 Å². The van der Waals surface area contributed by atoms with E-state index in [-0.39, 0.29) is 11.6 Å². The summed E-state index contributed by atoms with van der Waals surface area (Å²) < 4.78 is 11.6. The molecule has 0 fully saturated rings. The summed E-state index contributed by atoms with van der Waals surface area (Å²) in [5.74, 6) is 1.70. The van der Waals surface area contributed by atoms with Gasteiger partial charge in [-0.05, 0) is 33.0 Å². The Morgan fingerprint density at radius 1 is 1.31 bits per heavy atom. The highest BCUT2D eigenvalue weighted by Crippen LogP contribution is 2.32. The number of ether oxygens (including phenoxy) is 2. The predicted octanol–water partition coefficient (Wildman–Crippen LogP) is 2.21. The Morgan fingerprint density at radius 2 is 2.00 bits per heavy atom. The lowest BCUT2D eigenvalue weighted by atomic mass is 9.97. The van der Waals surface area contributed by atoms with Gasteiger partial charge in [-0.1, -0.05) is 12.1 Å². The van der Waals surface area contributed by atoms with Gasteiger partial charge in [0.2, 0.25) is 0 Å².